The number of carbonyl (C=O) groups is 1. The van der Waals surface area contributed by atoms with Crippen LogP contribution in [0.15, 0.2) is 0 Å². The quantitative estimate of drug-likeness (QED) is 0.711. The first-order valence-corrected chi connectivity index (χ1v) is 3.97. The summed E-state index contributed by atoms with van der Waals surface area (Å²) >= 11 is 0. The van der Waals surface area contributed by atoms with Crippen LogP contribution in [0.4, 0.5) is 8.78 Å². The molecule has 0 aromatic heterocycles. The highest BCUT2D eigenvalue weighted by Crippen LogP contribution is 2.14. The standard InChI is InChI=1S/C8H15F2NO2/c1-7(2,3)4-11-5-8(9,10)6(12)13/h11H,4-5H2,1-3H3,(H,12,13). The van der Waals surface area contributed by atoms with Crippen LogP contribution in [0.2, 0.25) is 0 Å². The van der Waals surface area contributed by atoms with Gasteiger partial charge in [0.25, 0.3) is 0 Å². The predicted molar refractivity (Wildman–Crippen MR) is 44.9 cm³/mol. The Morgan fingerprint density at radius 2 is 1.77 bits per heavy atom. The van der Waals surface area contributed by atoms with E-state index in [4.69, 9.17) is 5.11 Å². The number of aliphatic carboxylic acids is 1. The summed E-state index contributed by atoms with van der Waals surface area (Å²) in [4.78, 5) is 9.99. The van der Waals surface area contributed by atoms with Crippen molar-refractivity contribution >= 4 is 5.97 Å². The Morgan fingerprint density at radius 3 is 2.08 bits per heavy atom. The molecule has 2 N–H and O–H groups in total. The maximum Gasteiger partial charge on any atom is 0.375 e. The molecule has 0 bridgehead atoms. The smallest absolute Gasteiger partial charge is 0.375 e. The molecule has 13 heavy (non-hydrogen) atoms. The third-order valence-electron chi connectivity index (χ3n) is 1.32. The molecule has 0 amide bonds. The molecule has 0 aromatic carbocycles. The van der Waals surface area contributed by atoms with Gasteiger partial charge in [-0.3, -0.25) is 0 Å². The van der Waals surface area contributed by atoms with Crippen LogP contribution in [0, 0.1) is 5.41 Å². The van der Waals surface area contributed by atoms with Crippen LogP contribution in [0.3, 0.4) is 0 Å². The normalized spacial score (nSPS) is 13.0. The maximum atomic E-state index is 12.5. The van der Waals surface area contributed by atoms with Gasteiger partial charge in [-0.15, -0.1) is 0 Å². The second-order valence-electron chi connectivity index (χ2n) is 4.17. The van der Waals surface area contributed by atoms with E-state index in [1.54, 1.807) is 0 Å². The zero-order valence-corrected chi connectivity index (χ0v) is 8.03. The number of alkyl halides is 2. The van der Waals surface area contributed by atoms with Gasteiger partial charge < -0.3 is 10.4 Å². The van der Waals surface area contributed by atoms with Crippen molar-refractivity contribution in [3.8, 4) is 0 Å². The molecule has 0 atom stereocenters. The molecule has 0 saturated carbocycles. The second kappa shape index (κ2) is 4.00. The first-order valence-electron chi connectivity index (χ1n) is 3.97. The predicted octanol–water partition coefficient (Wildman–Crippen LogP) is 1.34. The van der Waals surface area contributed by atoms with Crippen molar-refractivity contribution in [2.75, 3.05) is 13.1 Å². The average molecular weight is 195 g/mol. The molecule has 0 aliphatic carbocycles. The van der Waals surface area contributed by atoms with Crippen molar-refractivity contribution in [3.63, 3.8) is 0 Å². The molecule has 0 aliphatic rings. The Bertz CT molecular complexity index is 187. The largest absolute Gasteiger partial charge is 0.477 e. The number of carboxylic acid groups (broad SMARTS) is 1. The van der Waals surface area contributed by atoms with E-state index < -0.39 is 18.4 Å². The van der Waals surface area contributed by atoms with E-state index in [1.807, 2.05) is 20.8 Å². The van der Waals surface area contributed by atoms with Gasteiger partial charge in [0.1, 0.15) is 0 Å². The first-order chi connectivity index (χ1) is 5.65. The monoisotopic (exact) mass is 195 g/mol. The minimum absolute atomic E-state index is 0.130. The Kier molecular flexibility index (Phi) is 3.78. The van der Waals surface area contributed by atoms with E-state index in [0.717, 1.165) is 0 Å². The second-order valence-corrected chi connectivity index (χ2v) is 4.17. The van der Waals surface area contributed by atoms with Crippen molar-refractivity contribution in [1.29, 1.82) is 0 Å². The first kappa shape index (κ1) is 12.3. The van der Waals surface area contributed by atoms with Gasteiger partial charge in [-0.2, -0.15) is 8.78 Å². The van der Waals surface area contributed by atoms with E-state index in [9.17, 15) is 13.6 Å². The highest BCUT2D eigenvalue weighted by Gasteiger charge is 2.38. The average Bonchev–Trinajstić information content (AvgIpc) is 1.82. The number of nitrogens with one attached hydrogen (secondary N) is 1. The van der Waals surface area contributed by atoms with Gasteiger partial charge in [-0.05, 0) is 5.41 Å². The molecular weight excluding hydrogens is 180 g/mol. The van der Waals surface area contributed by atoms with Gasteiger partial charge >= 0.3 is 11.9 Å². The topological polar surface area (TPSA) is 49.3 Å². The molecule has 0 aliphatic heterocycles. The third-order valence-corrected chi connectivity index (χ3v) is 1.32. The van der Waals surface area contributed by atoms with Gasteiger partial charge in [0.2, 0.25) is 0 Å². The molecule has 0 unspecified atom stereocenters. The van der Waals surface area contributed by atoms with E-state index in [2.05, 4.69) is 5.32 Å². The number of hydrogen-bond acceptors (Lipinski definition) is 2. The summed E-state index contributed by atoms with van der Waals surface area (Å²) in [7, 11) is 0. The van der Waals surface area contributed by atoms with Crippen molar-refractivity contribution in [1.82, 2.24) is 5.32 Å². The molecule has 5 heteroatoms. The summed E-state index contributed by atoms with van der Waals surface area (Å²) in [5.41, 5.74) is -0.130. The Hall–Kier alpha value is -0.710. The zero-order valence-electron chi connectivity index (χ0n) is 8.03. The third kappa shape index (κ3) is 5.52. The van der Waals surface area contributed by atoms with Crippen LogP contribution >= 0.6 is 0 Å². The van der Waals surface area contributed by atoms with E-state index in [0.29, 0.717) is 6.54 Å². The van der Waals surface area contributed by atoms with Crippen molar-refractivity contribution < 1.29 is 18.7 Å². The van der Waals surface area contributed by atoms with Crippen LogP contribution in [-0.4, -0.2) is 30.1 Å². The number of hydrogen-bond donors (Lipinski definition) is 2. The van der Waals surface area contributed by atoms with Gasteiger partial charge in [0.05, 0.1) is 6.54 Å². The molecule has 0 spiro atoms. The summed E-state index contributed by atoms with van der Waals surface area (Å²) in [6, 6.07) is 0. The molecule has 0 aromatic rings. The lowest BCUT2D eigenvalue weighted by Gasteiger charge is -2.20. The highest BCUT2D eigenvalue weighted by molar-refractivity contribution is 5.75. The Labute approximate surface area is 76.1 Å². The fourth-order valence-corrected chi connectivity index (χ4v) is 0.670. The lowest BCUT2D eigenvalue weighted by atomic mass is 9.97. The van der Waals surface area contributed by atoms with Crippen LogP contribution in [-0.2, 0) is 4.79 Å². The van der Waals surface area contributed by atoms with E-state index in [-0.39, 0.29) is 5.41 Å². The lowest BCUT2D eigenvalue weighted by Crippen LogP contribution is -2.42. The van der Waals surface area contributed by atoms with Crippen LogP contribution in [0.5, 0.6) is 0 Å². The minimum atomic E-state index is -3.68. The van der Waals surface area contributed by atoms with Crippen molar-refractivity contribution in [2.24, 2.45) is 5.41 Å². The fourth-order valence-electron chi connectivity index (χ4n) is 0.670. The summed E-state index contributed by atoms with van der Waals surface area (Å²) in [5, 5.41) is 10.5. The van der Waals surface area contributed by atoms with Crippen molar-refractivity contribution in [2.45, 2.75) is 26.7 Å². The molecule has 0 fully saturated rings. The number of rotatable bonds is 4. The molecule has 78 valence electrons. The summed E-state index contributed by atoms with van der Waals surface area (Å²) in [6.07, 6.45) is 0. The van der Waals surface area contributed by atoms with Gasteiger partial charge in [-0.1, -0.05) is 20.8 Å². The highest BCUT2D eigenvalue weighted by atomic mass is 19.3. The fraction of sp³-hybridized carbons (Fsp3) is 0.875. The zero-order chi connectivity index (χ0) is 10.7. The molecule has 3 nitrogen and oxygen atoms in total. The van der Waals surface area contributed by atoms with Gasteiger partial charge in [0, 0.05) is 6.54 Å². The molecular formula is C8H15F2NO2. The molecule has 0 saturated heterocycles. The maximum absolute atomic E-state index is 12.5. The molecule has 0 rings (SSSR count). The van der Waals surface area contributed by atoms with E-state index in [1.165, 1.54) is 0 Å². The van der Waals surface area contributed by atoms with Crippen LogP contribution in [0.1, 0.15) is 20.8 Å². The van der Waals surface area contributed by atoms with Gasteiger partial charge in [0.15, 0.2) is 0 Å². The van der Waals surface area contributed by atoms with Crippen molar-refractivity contribution in [3.05, 3.63) is 0 Å². The van der Waals surface area contributed by atoms with Gasteiger partial charge in [-0.25, -0.2) is 4.79 Å². The summed E-state index contributed by atoms with van der Waals surface area (Å²) in [6.45, 7) is 5.16. The Morgan fingerprint density at radius 1 is 1.31 bits per heavy atom. The number of carboxylic acids is 1. The van der Waals surface area contributed by atoms with Crippen LogP contribution in [0.25, 0.3) is 0 Å². The number of halogens is 2. The van der Waals surface area contributed by atoms with Crippen LogP contribution < -0.4 is 5.32 Å². The SMILES string of the molecule is CC(C)(C)CNCC(F)(F)C(=O)O. The lowest BCUT2D eigenvalue weighted by molar-refractivity contribution is -0.164. The van der Waals surface area contributed by atoms with E-state index >= 15 is 0 Å². The Balaban J connectivity index is 3.84. The molecule has 0 heterocycles. The minimum Gasteiger partial charge on any atom is -0.477 e. The summed E-state index contributed by atoms with van der Waals surface area (Å²) < 4.78 is 24.9. The molecule has 0 radical (unpaired) electrons. The summed E-state index contributed by atoms with van der Waals surface area (Å²) in [5.74, 6) is -5.76.